The molecular weight excluding hydrogens is 405 g/mol. The van der Waals surface area contributed by atoms with Crippen LogP contribution in [0.25, 0.3) is 5.69 Å². The number of alkyl halides is 3. The smallest absolute Gasteiger partial charge is 0.397 e. The number of halogens is 4. The molecule has 0 bridgehead atoms. The molecule has 0 aliphatic carbocycles. The Bertz CT molecular complexity index is 1010. The summed E-state index contributed by atoms with van der Waals surface area (Å²) in [7, 11) is 0. The van der Waals surface area contributed by atoms with Crippen molar-refractivity contribution < 1.29 is 18.0 Å². The van der Waals surface area contributed by atoms with Crippen molar-refractivity contribution in [1.82, 2.24) is 9.78 Å². The highest BCUT2D eigenvalue weighted by Crippen LogP contribution is 2.30. The van der Waals surface area contributed by atoms with Crippen LogP contribution in [0.4, 0.5) is 24.5 Å². The van der Waals surface area contributed by atoms with Gasteiger partial charge >= 0.3 is 6.18 Å². The summed E-state index contributed by atoms with van der Waals surface area (Å²) in [6.07, 6.45) is -4.54. The number of anilines is 2. The lowest BCUT2D eigenvalue weighted by Crippen LogP contribution is -2.13. The molecule has 0 saturated carbocycles. The van der Waals surface area contributed by atoms with E-state index in [-0.39, 0.29) is 23.0 Å². The first-order valence-electron chi connectivity index (χ1n) is 8.26. The Morgan fingerprint density at radius 3 is 2.28 bits per heavy atom. The molecule has 0 atom stereocenters. The van der Waals surface area contributed by atoms with Gasteiger partial charge in [-0.15, -0.1) is 13.2 Å². The van der Waals surface area contributed by atoms with Crippen LogP contribution in [0.3, 0.4) is 0 Å². The van der Waals surface area contributed by atoms with Crippen LogP contribution >= 0.6 is 11.6 Å². The Balaban J connectivity index is 0.00000145. The molecule has 3 N–H and O–H groups in total. The van der Waals surface area contributed by atoms with E-state index in [2.05, 4.69) is 23.6 Å². The SMILES string of the molecule is C=C.Cc1cc(C(F)(F)F)nn1-c1ccc(NC(=O)c2ccc(Cl)cc2)cc1N. The summed E-state index contributed by atoms with van der Waals surface area (Å²) >= 11 is 5.79. The van der Waals surface area contributed by atoms with Gasteiger partial charge in [-0.2, -0.15) is 18.3 Å². The van der Waals surface area contributed by atoms with Gasteiger partial charge in [0.15, 0.2) is 5.69 Å². The van der Waals surface area contributed by atoms with E-state index in [9.17, 15) is 18.0 Å². The molecular formula is C20H18ClF3N4O. The van der Waals surface area contributed by atoms with Gasteiger partial charge in [-0.1, -0.05) is 11.6 Å². The molecule has 0 radical (unpaired) electrons. The Morgan fingerprint density at radius 1 is 1.14 bits per heavy atom. The molecule has 1 amide bonds. The highest BCUT2D eigenvalue weighted by Gasteiger charge is 2.34. The Kier molecular flexibility index (Phi) is 6.71. The average Bonchev–Trinajstić information content (AvgIpc) is 3.06. The van der Waals surface area contributed by atoms with Crippen molar-refractivity contribution in [2.24, 2.45) is 0 Å². The maximum Gasteiger partial charge on any atom is 0.435 e. The molecule has 1 aromatic heterocycles. The van der Waals surface area contributed by atoms with Gasteiger partial charge in [0.2, 0.25) is 0 Å². The number of aromatic nitrogens is 2. The number of hydrogen-bond donors (Lipinski definition) is 2. The molecule has 152 valence electrons. The molecule has 0 spiro atoms. The van der Waals surface area contributed by atoms with Crippen molar-refractivity contribution in [2.45, 2.75) is 13.1 Å². The molecule has 9 heteroatoms. The van der Waals surface area contributed by atoms with Crippen LogP contribution in [-0.4, -0.2) is 15.7 Å². The number of nitrogens with one attached hydrogen (secondary N) is 1. The number of carbonyl (C=O) groups is 1. The fraction of sp³-hybridized carbons (Fsp3) is 0.100. The minimum atomic E-state index is -4.54. The first-order valence-corrected chi connectivity index (χ1v) is 8.63. The molecule has 0 aliphatic heterocycles. The fourth-order valence-corrected chi connectivity index (χ4v) is 2.61. The Labute approximate surface area is 170 Å². The fourth-order valence-electron chi connectivity index (χ4n) is 2.49. The van der Waals surface area contributed by atoms with E-state index in [1.807, 2.05) is 0 Å². The maximum absolute atomic E-state index is 12.8. The number of amides is 1. The largest absolute Gasteiger partial charge is 0.435 e. The van der Waals surface area contributed by atoms with E-state index in [0.717, 1.165) is 10.7 Å². The van der Waals surface area contributed by atoms with Crippen molar-refractivity contribution in [3.63, 3.8) is 0 Å². The molecule has 3 aromatic rings. The third-order valence-corrected chi connectivity index (χ3v) is 4.05. The second kappa shape index (κ2) is 8.83. The quantitative estimate of drug-likeness (QED) is 0.433. The molecule has 2 aromatic carbocycles. The summed E-state index contributed by atoms with van der Waals surface area (Å²) in [6.45, 7) is 7.50. The molecule has 29 heavy (non-hydrogen) atoms. The maximum atomic E-state index is 12.8. The number of rotatable bonds is 3. The summed E-state index contributed by atoms with van der Waals surface area (Å²) in [5.74, 6) is -0.367. The summed E-state index contributed by atoms with van der Waals surface area (Å²) in [4.78, 5) is 12.2. The van der Waals surface area contributed by atoms with Gasteiger partial charge < -0.3 is 11.1 Å². The minimum absolute atomic E-state index is 0.170. The molecule has 0 fully saturated rings. The standard InChI is InChI=1S/C18H14ClF3N4O.C2H4/c1-10-8-16(18(20,21)22)25-26(10)15-7-6-13(9-14(15)23)24-17(27)11-2-4-12(19)5-3-11;1-2/h2-9H,23H2,1H3,(H,24,27);1-2H2. The van der Waals surface area contributed by atoms with Gasteiger partial charge in [-0.05, 0) is 55.5 Å². The number of nitrogens with zero attached hydrogens (tertiary/aromatic N) is 2. The van der Waals surface area contributed by atoms with E-state index < -0.39 is 11.9 Å². The van der Waals surface area contributed by atoms with Gasteiger partial charge in [-0.25, -0.2) is 4.68 Å². The number of nitrogen functional groups attached to an aromatic ring is 1. The lowest BCUT2D eigenvalue weighted by atomic mass is 10.2. The van der Waals surface area contributed by atoms with E-state index in [1.54, 1.807) is 24.3 Å². The normalized spacial score (nSPS) is 10.8. The van der Waals surface area contributed by atoms with E-state index in [1.165, 1.54) is 25.1 Å². The van der Waals surface area contributed by atoms with Gasteiger partial charge in [0, 0.05) is 22.0 Å². The van der Waals surface area contributed by atoms with Gasteiger partial charge in [0.25, 0.3) is 5.91 Å². The molecule has 0 saturated heterocycles. The third-order valence-electron chi connectivity index (χ3n) is 3.80. The van der Waals surface area contributed by atoms with Crippen molar-refractivity contribution in [3.05, 3.63) is 83.7 Å². The summed E-state index contributed by atoms with van der Waals surface area (Å²) < 4.78 is 39.6. The van der Waals surface area contributed by atoms with Crippen LogP contribution in [0.5, 0.6) is 0 Å². The molecule has 0 unspecified atom stereocenters. The van der Waals surface area contributed by atoms with Crippen LogP contribution in [0.2, 0.25) is 5.02 Å². The monoisotopic (exact) mass is 422 g/mol. The zero-order valence-electron chi connectivity index (χ0n) is 15.4. The summed E-state index contributed by atoms with van der Waals surface area (Å²) in [6, 6.07) is 11.7. The van der Waals surface area contributed by atoms with Crippen LogP contribution < -0.4 is 11.1 Å². The van der Waals surface area contributed by atoms with Crippen LogP contribution in [0, 0.1) is 6.92 Å². The number of aryl methyl sites for hydroxylation is 1. The Hall–Kier alpha value is -3.26. The van der Waals surface area contributed by atoms with E-state index in [0.29, 0.717) is 16.3 Å². The predicted octanol–water partition coefficient (Wildman–Crippen LogP) is 5.49. The topological polar surface area (TPSA) is 72.9 Å². The number of carbonyl (C=O) groups excluding carboxylic acids is 1. The second-order valence-corrected chi connectivity index (χ2v) is 6.25. The van der Waals surface area contributed by atoms with Crippen molar-refractivity contribution in [3.8, 4) is 5.69 Å². The van der Waals surface area contributed by atoms with Crippen molar-refractivity contribution >= 4 is 28.9 Å². The van der Waals surface area contributed by atoms with Gasteiger partial charge in [0.05, 0.1) is 11.4 Å². The van der Waals surface area contributed by atoms with Gasteiger partial charge in [0.1, 0.15) is 0 Å². The highest BCUT2D eigenvalue weighted by molar-refractivity contribution is 6.30. The molecule has 3 rings (SSSR count). The minimum Gasteiger partial charge on any atom is -0.397 e. The lowest BCUT2D eigenvalue weighted by molar-refractivity contribution is -0.141. The highest BCUT2D eigenvalue weighted by atomic mass is 35.5. The first-order chi connectivity index (χ1) is 13.6. The summed E-state index contributed by atoms with van der Waals surface area (Å²) in [5, 5.41) is 6.75. The zero-order chi connectivity index (χ0) is 21.8. The zero-order valence-corrected chi connectivity index (χ0v) is 16.2. The lowest BCUT2D eigenvalue weighted by Gasteiger charge is -2.11. The number of hydrogen-bond acceptors (Lipinski definition) is 3. The molecule has 0 aliphatic rings. The second-order valence-electron chi connectivity index (χ2n) is 5.82. The van der Waals surface area contributed by atoms with Crippen molar-refractivity contribution in [2.75, 3.05) is 11.1 Å². The van der Waals surface area contributed by atoms with E-state index in [4.69, 9.17) is 17.3 Å². The molecule has 5 nitrogen and oxygen atoms in total. The van der Waals surface area contributed by atoms with Crippen LogP contribution in [0.15, 0.2) is 61.7 Å². The number of benzene rings is 2. The van der Waals surface area contributed by atoms with Crippen LogP contribution in [0.1, 0.15) is 21.7 Å². The summed E-state index contributed by atoms with van der Waals surface area (Å²) in [5.41, 5.74) is 6.51. The Morgan fingerprint density at radius 2 is 1.76 bits per heavy atom. The van der Waals surface area contributed by atoms with Crippen LogP contribution in [-0.2, 0) is 6.18 Å². The van der Waals surface area contributed by atoms with Gasteiger partial charge in [-0.3, -0.25) is 4.79 Å². The first kappa shape index (κ1) is 22.0. The van der Waals surface area contributed by atoms with Crippen molar-refractivity contribution in [1.29, 1.82) is 0 Å². The number of nitrogens with two attached hydrogens (primary N) is 1. The van der Waals surface area contributed by atoms with E-state index >= 15 is 0 Å². The average molecular weight is 423 g/mol. The predicted molar refractivity (Wildman–Crippen MR) is 108 cm³/mol. The molecule has 1 heterocycles. The third kappa shape index (κ3) is 5.17.